The van der Waals surface area contributed by atoms with Crippen molar-refractivity contribution in [3.05, 3.63) is 72.1 Å². The second-order valence-electron chi connectivity index (χ2n) is 6.06. The van der Waals surface area contributed by atoms with E-state index >= 15 is 0 Å². The number of hydrogen-bond acceptors (Lipinski definition) is 9. The molecule has 2 aromatic heterocycles. The van der Waals surface area contributed by atoms with E-state index in [2.05, 4.69) is 31.0 Å². The number of nitrogens with zero attached hydrogens (tertiary/aromatic N) is 6. The molecule has 1 amide bonds. The van der Waals surface area contributed by atoms with Gasteiger partial charge in [-0.3, -0.25) is 4.79 Å². The van der Waals surface area contributed by atoms with Crippen LogP contribution >= 0.6 is 0 Å². The van der Waals surface area contributed by atoms with Crippen LogP contribution in [0.2, 0.25) is 0 Å². The van der Waals surface area contributed by atoms with Crippen molar-refractivity contribution in [2.75, 3.05) is 7.11 Å². The Morgan fingerprint density at radius 2 is 2.00 bits per heavy atom. The minimum Gasteiger partial charge on any atom is -0.497 e. The normalized spacial score (nSPS) is 10.6. The quantitative estimate of drug-likeness (QED) is 0.462. The zero-order chi connectivity index (χ0) is 20.8. The molecule has 4 rings (SSSR count). The van der Waals surface area contributed by atoms with Gasteiger partial charge >= 0.3 is 0 Å². The number of amides is 1. The molecule has 0 aliphatic rings. The molecule has 2 aromatic carbocycles. The zero-order valence-electron chi connectivity index (χ0n) is 15.9. The molecule has 0 radical (unpaired) electrons. The molecule has 0 unspecified atom stereocenters. The average Bonchev–Trinajstić information content (AvgIpc) is 3.49. The Kier molecular flexibility index (Phi) is 5.60. The first-order chi connectivity index (χ1) is 14.7. The summed E-state index contributed by atoms with van der Waals surface area (Å²) in [5.74, 6) is 1.74. The van der Waals surface area contributed by atoms with E-state index in [4.69, 9.17) is 14.0 Å². The molecule has 0 saturated carbocycles. The van der Waals surface area contributed by atoms with Gasteiger partial charge < -0.3 is 19.3 Å². The predicted molar refractivity (Wildman–Crippen MR) is 102 cm³/mol. The van der Waals surface area contributed by atoms with E-state index in [1.165, 1.54) is 11.0 Å². The van der Waals surface area contributed by atoms with Crippen molar-refractivity contribution < 1.29 is 18.8 Å². The highest BCUT2D eigenvalue weighted by Gasteiger charge is 2.11. The van der Waals surface area contributed by atoms with Crippen molar-refractivity contribution in [1.29, 1.82) is 0 Å². The second-order valence-corrected chi connectivity index (χ2v) is 6.06. The summed E-state index contributed by atoms with van der Waals surface area (Å²) in [5.41, 5.74) is 1.12. The van der Waals surface area contributed by atoms with Gasteiger partial charge in [0.15, 0.2) is 6.61 Å². The lowest BCUT2D eigenvalue weighted by Crippen LogP contribution is -2.23. The van der Waals surface area contributed by atoms with Crippen molar-refractivity contribution in [2.45, 2.75) is 13.2 Å². The van der Waals surface area contributed by atoms with Crippen LogP contribution in [0.3, 0.4) is 0 Å². The highest BCUT2D eigenvalue weighted by Crippen LogP contribution is 2.17. The van der Waals surface area contributed by atoms with Gasteiger partial charge in [0.25, 0.3) is 5.91 Å². The fourth-order valence-corrected chi connectivity index (χ4v) is 2.57. The minimum absolute atomic E-state index is 0.0868. The van der Waals surface area contributed by atoms with Crippen LogP contribution in [0.15, 0.2) is 59.4 Å². The fraction of sp³-hybridized carbons (Fsp3) is 0.158. The van der Waals surface area contributed by atoms with Gasteiger partial charge in [-0.15, -0.1) is 5.10 Å². The molecule has 4 aromatic rings. The molecule has 0 spiro atoms. The van der Waals surface area contributed by atoms with E-state index in [0.717, 1.165) is 5.75 Å². The number of tetrazole rings is 1. The molecule has 1 N–H and O–H groups in total. The summed E-state index contributed by atoms with van der Waals surface area (Å²) in [5, 5.41) is 17.6. The molecular formula is C19H17N7O4. The van der Waals surface area contributed by atoms with Gasteiger partial charge in [-0.05, 0) is 52.9 Å². The third-order valence-corrected chi connectivity index (χ3v) is 4.06. The van der Waals surface area contributed by atoms with E-state index in [1.54, 1.807) is 55.6 Å². The molecule has 30 heavy (non-hydrogen) atoms. The number of carbonyl (C=O) groups is 1. The molecule has 152 valence electrons. The topological polar surface area (TPSA) is 130 Å². The lowest BCUT2D eigenvalue weighted by molar-refractivity contribution is 0.0946. The molecule has 0 atom stereocenters. The SMILES string of the molecule is COc1ccc(OCc2noc(CNC(=O)c3cccc(-n4cnnn4)c3)n2)cc1. The first-order valence-corrected chi connectivity index (χ1v) is 8.91. The Morgan fingerprint density at radius 1 is 1.17 bits per heavy atom. The van der Waals surface area contributed by atoms with Crippen LogP contribution in [-0.4, -0.2) is 43.4 Å². The Morgan fingerprint density at radius 3 is 2.77 bits per heavy atom. The van der Waals surface area contributed by atoms with Gasteiger partial charge in [0.05, 0.1) is 19.3 Å². The molecule has 0 aliphatic heterocycles. The Balaban J connectivity index is 1.30. The molecule has 0 saturated heterocycles. The summed E-state index contributed by atoms with van der Waals surface area (Å²) < 4.78 is 17.3. The van der Waals surface area contributed by atoms with E-state index in [-0.39, 0.29) is 24.9 Å². The number of benzene rings is 2. The van der Waals surface area contributed by atoms with Crippen LogP contribution in [0.5, 0.6) is 11.5 Å². The highest BCUT2D eigenvalue weighted by atomic mass is 16.5. The highest BCUT2D eigenvalue weighted by molar-refractivity contribution is 5.94. The van der Waals surface area contributed by atoms with Crippen molar-refractivity contribution in [2.24, 2.45) is 0 Å². The van der Waals surface area contributed by atoms with Crippen molar-refractivity contribution >= 4 is 5.91 Å². The molecule has 11 nitrogen and oxygen atoms in total. The van der Waals surface area contributed by atoms with Crippen LogP contribution in [0, 0.1) is 0 Å². The first-order valence-electron chi connectivity index (χ1n) is 8.91. The molecule has 2 heterocycles. The number of aromatic nitrogens is 6. The van der Waals surface area contributed by atoms with E-state index in [1.807, 2.05) is 0 Å². The Bertz CT molecular complexity index is 1110. The predicted octanol–water partition coefficient (Wildman–Crippen LogP) is 1.56. The van der Waals surface area contributed by atoms with Gasteiger partial charge in [-0.1, -0.05) is 11.2 Å². The number of ether oxygens (including phenoxy) is 2. The summed E-state index contributed by atoms with van der Waals surface area (Å²) in [7, 11) is 1.60. The third kappa shape index (κ3) is 4.58. The number of rotatable bonds is 8. The molecule has 0 aliphatic carbocycles. The summed E-state index contributed by atoms with van der Waals surface area (Å²) in [4.78, 5) is 16.6. The van der Waals surface area contributed by atoms with Gasteiger partial charge in [0, 0.05) is 5.56 Å². The monoisotopic (exact) mass is 407 g/mol. The maximum Gasteiger partial charge on any atom is 0.251 e. The van der Waals surface area contributed by atoms with Crippen LogP contribution in [-0.2, 0) is 13.2 Å². The lowest BCUT2D eigenvalue weighted by Gasteiger charge is -2.05. The van der Waals surface area contributed by atoms with E-state index in [9.17, 15) is 4.79 Å². The lowest BCUT2D eigenvalue weighted by atomic mass is 10.2. The van der Waals surface area contributed by atoms with Gasteiger partial charge in [0.2, 0.25) is 11.7 Å². The standard InChI is InChI=1S/C19H17N7O4/c1-28-15-5-7-16(8-6-15)29-11-17-22-18(30-23-17)10-20-19(27)13-3-2-4-14(9-13)26-12-21-24-25-26/h2-9,12H,10-11H2,1H3,(H,20,27). The van der Waals surface area contributed by atoms with Crippen molar-refractivity contribution in [1.82, 2.24) is 35.7 Å². The largest absolute Gasteiger partial charge is 0.497 e. The number of nitrogens with one attached hydrogen (secondary N) is 1. The van der Waals surface area contributed by atoms with E-state index < -0.39 is 0 Å². The van der Waals surface area contributed by atoms with Gasteiger partial charge in [0.1, 0.15) is 17.8 Å². The average molecular weight is 407 g/mol. The number of methoxy groups -OCH3 is 1. The smallest absolute Gasteiger partial charge is 0.251 e. The van der Waals surface area contributed by atoms with Crippen LogP contribution in [0.4, 0.5) is 0 Å². The summed E-state index contributed by atoms with van der Waals surface area (Å²) in [6.45, 7) is 0.223. The van der Waals surface area contributed by atoms with Gasteiger partial charge in [-0.2, -0.15) is 4.98 Å². The second kappa shape index (κ2) is 8.82. The molecule has 11 heteroatoms. The maximum absolute atomic E-state index is 12.4. The van der Waals surface area contributed by atoms with Crippen molar-refractivity contribution in [3.8, 4) is 17.2 Å². The van der Waals surface area contributed by atoms with Crippen molar-refractivity contribution in [3.63, 3.8) is 0 Å². The Labute approximate surface area is 170 Å². The zero-order valence-corrected chi connectivity index (χ0v) is 15.9. The van der Waals surface area contributed by atoms with Crippen LogP contribution in [0.1, 0.15) is 22.1 Å². The summed E-state index contributed by atoms with van der Waals surface area (Å²) in [6.07, 6.45) is 1.45. The third-order valence-electron chi connectivity index (χ3n) is 4.06. The van der Waals surface area contributed by atoms with E-state index in [0.29, 0.717) is 22.8 Å². The van der Waals surface area contributed by atoms with Crippen LogP contribution < -0.4 is 14.8 Å². The first kappa shape index (κ1) is 19.1. The number of carbonyl (C=O) groups excluding carboxylic acids is 1. The molecule has 0 fully saturated rings. The molecular weight excluding hydrogens is 390 g/mol. The van der Waals surface area contributed by atoms with Crippen LogP contribution in [0.25, 0.3) is 5.69 Å². The maximum atomic E-state index is 12.4. The summed E-state index contributed by atoms with van der Waals surface area (Å²) >= 11 is 0. The number of hydrogen-bond donors (Lipinski definition) is 1. The fourth-order valence-electron chi connectivity index (χ4n) is 2.57. The van der Waals surface area contributed by atoms with Gasteiger partial charge in [-0.25, -0.2) is 4.68 Å². The minimum atomic E-state index is -0.292. The Hall–Kier alpha value is -4.28. The summed E-state index contributed by atoms with van der Waals surface area (Å²) in [6, 6.07) is 14.0. The molecule has 0 bridgehead atoms.